The molecule has 29 heavy (non-hydrogen) atoms. The molecule has 0 bridgehead atoms. The number of rotatable bonds is 9. The van der Waals surface area contributed by atoms with Gasteiger partial charge in [-0.2, -0.15) is 0 Å². The molecule has 1 aromatic rings. The van der Waals surface area contributed by atoms with Crippen LogP contribution >= 0.6 is 0 Å². The topological polar surface area (TPSA) is 83.0 Å². The van der Waals surface area contributed by atoms with Gasteiger partial charge in [0.25, 0.3) is 0 Å². The van der Waals surface area contributed by atoms with E-state index in [1.807, 2.05) is 13.8 Å². The fourth-order valence-corrected chi connectivity index (χ4v) is 4.61. The van der Waals surface area contributed by atoms with Crippen LogP contribution in [0.5, 0.6) is 5.75 Å². The number of piperidine rings is 1. The molecule has 0 atom stereocenters. The molecule has 2 N–H and O–H groups in total. The Kier molecular flexibility index (Phi) is 9.09. The Labute approximate surface area is 171 Å². The van der Waals surface area contributed by atoms with E-state index in [0.717, 1.165) is 12.1 Å². The van der Waals surface area contributed by atoms with Gasteiger partial charge in [0.15, 0.2) is 17.6 Å². The summed E-state index contributed by atoms with van der Waals surface area (Å²) in [6.07, 6.45) is 2.03. The van der Waals surface area contributed by atoms with Gasteiger partial charge in [-0.3, -0.25) is 0 Å². The molecule has 1 aliphatic heterocycles. The Morgan fingerprint density at radius 2 is 1.97 bits per heavy atom. The smallest absolute Gasteiger partial charge is 0.214 e. The number of guanidine groups is 1. The molecule has 0 unspecified atom stereocenters. The summed E-state index contributed by atoms with van der Waals surface area (Å²) in [5.41, 5.74) is 0. The van der Waals surface area contributed by atoms with Crippen LogP contribution in [-0.4, -0.2) is 63.3 Å². The summed E-state index contributed by atoms with van der Waals surface area (Å²) in [6, 6.07) is 3.52. The Hall–Kier alpha value is -1.94. The number of halogens is 2. The minimum absolute atomic E-state index is 0.132. The molecule has 7 nitrogen and oxygen atoms in total. The molecular formula is C19H30F2N4O3S. The van der Waals surface area contributed by atoms with Gasteiger partial charge >= 0.3 is 0 Å². The van der Waals surface area contributed by atoms with Crippen molar-refractivity contribution >= 4 is 16.0 Å². The van der Waals surface area contributed by atoms with Crippen molar-refractivity contribution in [3.05, 3.63) is 29.8 Å². The monoisotopic (exact) mass is 432 g/mol. The predicted molar refractivity (Wildman–Crippen MR) is 110 cm³/mol. The van der Waals surface area contributed by atoms with Gasteiger partial charge in [0, 0.05) is 31.7 Å². The van der Waals surface area contributed by atoms with Crippen molar-refractivity contribution in [3.8, 4) is 5.75 Å². The van der Waals surface area contributed by atoms with Gasteiger partial charge in [-0.1, -0.05) is 6.92 Å². The van der Waals surface area contributed by atoms with Crippen molar-refractivity contribution in [2.45, 2.75) is 39.2 Å². The normalized spacial score (nSPS) is 16.6. The number of benzene rings is 1. The molecule has 0 saturated carbocycles. The van der Waals surface area contributed by atoms with E-state index in [9.17, 15) is 17.2 Å². The molecule has 0 aromatic heterocycles. The molecule has 0 spiro atoms. The first-order valence-corrected chi connectivity index (χ1v) is 11.6. The quantitative estimate of drug-likeness (QED) is 0.355. The maximum Gasteiger partial charge on any atom is 0.214 e. The zero-order valence-corrected chi connectivity index (χ0v) is 17.8. The average molecular weight is 433 g/mol. The highest BCUT2D eigenvalue weighted by Gasteiger charge is 2.27. The molecule has 1 aliphatic rings. The van der Waals surface area contributed by atoms with Crippen molar-refractivity contribution in [3.63, 3.8) is 0 Å². The third-order valence-corrected chi connectivity index (χ3v) is 6.59. The van der Waals surface area contributed by atoms with E-state index in [2.05, 4.69) is 15.6 Å². The van der Waals surface area contributed by atoms with E-state index in [-0.39, 0.29) is 24.2 Å². The lowest BCUT2D eigenvalue weighted by molar-refractivity contribution is 0.305. The lowest BCUT2D eigenvalue weighted by Crippen LogP contribution is -2.50. The van der Waals surface area contributed by atoms with Gasteiger partial charge in [-0.25, -0.2) is 26.5 Å². The van der Waals surface area contributed by atoms with Gasteiger partial charge in [-0.05, 0) is 38.3 Å². The molecule has 1 heterocycles. The summed E-state index contributed by atoms with van der Waals surface area (Å²) in [4.78, 5) is 4.43. The lowest BCUT2D eigenvalue weighted by Gasteiger charge is -2.32. The van der Waals surface area contributed by atoms with Crippen molar-refractivity contribution in [1.82, 2.24) is 14.9 Å². The summed E-state index contributed by atoms with van der Waals surface area (Å²) in [5, 5.41) is 6.48. The van der Waals surface area contributed by atoms with E-state index in [1.54, 1.807) is 4.31 Å². The second-order valence-electron chi connectivity index (χ2n) is 6.82. The fraction of sp³-hybridized carbons (Fsp3) is 0.632. The zero-order chi connectivity index (χ0) is 21.3. The molecule has 1 aromatic carbocycles. The van der Waals surface area contributed by atoms with Crippen LogP contribution in [0.4, 0.5) is 8.78 Å². The standard InChI is InChI=1S/C19H30F2N4O3S/c1-3-13-29(26,27)25-10-7-15(8-11-25)24-19(22-4-2)23-9-12-28-16-5-6-17(20)18(21)14-16/h5-6,14-15H,3-4,7-13H2,1-2H3,(H2,22,23,24). The number of nitrogens with one attached hydrogen (secondary N) is 2. The summed E-state index contributed by atoms with van der Waals surface area (Å²) >= 11 is 0. The summed E-state index contributed by atoms with van der Waals surface area (Å²) in [7, 11) is -3.15. The van der Waals surface area contributed by atoms with Crippen LogP contribution in [-0.2, 0) is 10.0 Å². The van der Waals surface area contributed by atoms with Crippen LogP contribution in [0.15, 0.2) is 23.2 Å². The Morgan fingerprint density at radius 1 is 1.24 bits per heavy atom. The first kappa shape index (κ1) is 23.3. The maximum absolute atomic E-state index is 13.2. The molecule has 10 heteroatoms. The Bertz CT molecular complexity index is 782. The van der Waals surface area contributed by atoms with Crippen molar-refractivity contribution in [1.29, 1.82) is 0 Å². The highest BCUT2D eigenvalue weighted by Crippen LogP contribution is 2.16. The number of nitrogens with zero attached hydrogens (tertiary/aromatic N) is 2. The Balaban J connectivity index is 1.81. The van der Waals surface area contributed by atoms with E-state index in [1.165, 1.54) is 6.07 Å². The van der Waals surface area contributed by atoms with Crippen LogP contribution in [0, 0.1) is 11.6 Å². The van der Waals surface area contributed by atoms with E-state index in [4.69, 9.17) is 4.74 Å². The molecule has 0 aliphatic carbocycles. The molecule has 1 saturated heterocycles. The van der Waals surface area contributed by atoms with Gasteiger partial charge < -0.3 is 15.4 Å². The number of hydrogen-bond donors (Lipinski definition) is 2. The highest BCUT2D eigenvalue weighted by molar-refractivity contribution is 7.89. The van der Waals surface area contributed by atoms with E-state index in [0.29, 0.717) is 51.4 Å². The van der Waals surface area contributed by atoms with Gasteiger partial charge in [0.05, 0.1) is 12.3 Å². The van der Waals surface area contributed by atoms with Gasteiger partial charge in [0.1, 0.15) is 12.4 Å². The molecule has 0 radical (unpaired) electrons. The van der Waals surface area contributed by atoms with Crippen LogP contribution in [0.2, 0.25) is 0 Å². The van der Waals surface area contributed by atoms with E-state index < -0.39 is 21.7 Å². The second-order valence-corrected chi connectivity index (χ2v) is 8.91. The van der Waals surface area contributed by atoms with Crippen LogP contribution in [0.1, 0.15) is 33.1 Å². The maximum atomic E-state index is 13.2. The number of sulfonamides is 1. The lowest BCUT2D eigenvalue weighted by atomic mass is 10.1. The summed E-state index contributed by atoms with van der Waals surface area (Å²) in [6.45, 7) is 6.04. The minimum Gasteiger partial charge on any atom is -0.492 e. The largest absolute Gasteiger partial charge is 0.492 e. The van der Waals surface area contributed by atoms with Gasteiger partial charge in [-0.15, -0.1) is 0 Å². The predicted octanol–water partition coefficient (Wildman–Crippen LogP) is 2.10. The van der Waals surface area contributed by atoms with Crippen LogP contribution in [0.3, 0.4) is 0 Å². The summed E-state index contributed by atoms with van der Waals surface area (Å²) in [5.74, 6) is -0.808. The van der Waals surface area contributed by atoms with Gasteiger partial charge in [0.2, 0.25) is 10.0 Å². The van der Waals surface area contributed by atoms with Crippen molar-refractivity contribution < 1.29 is 21.9 Å². The molecule has 0 amide bonds. The highest BCUT2D eigenvalue weighted by atomic mass is 32.2. The molecule has 1 fully saturated rings. The average Bonchev–Trinajstić information content (AvgIpc) is 2.68. The second kappa shape index (κ2) is 11.3. The third kappa shape index (κ3) is 7.43. The van der Waals surface area contributed by atoms with Crippen LogP contribution < -0.4 is 15.4 Å². The van der Waals surface area contributed by atoms with Crippen molar-refractivity contribution in [2.75, 3.05) is 38.5 Å². The van der Waals surface area contributed by atoms with Crippen molar-refractivity contribution in [2.24, 2.45) is 4.99 Å². The fourth-order valence-electron chi connectivity index (χ4n) is 3.07. The Morgan fingerprint density at radius 3 is 2.59 bits per heavy atom. The number of hydrogen-bond acceptors (Lipinski definition) is 4. The summed E-state index contributed by atoms with van der Waals surface area (Å²) < 4.78 is 57.4. The number of aliphatic imine (C=N–C) groups is 1. The van der Waals surface area contributed by atoms with Crippen LogP contribution in [0.25, 0.3) is 0 Å². The first-order chi connectivity index (χ1) is 13.9. The first-order valence-electron chi connectivity index (χ1n) is 9.96. The molecule has 2 rings (SSSR count). The van der Waals surface area contributed by atoms with E-state index >= 15 is 0 Å². The molecular weight excluding hydrogens is 402 g/mol. The SMILES string of the molecule is CCCS(=O)(=O)N1CCC(NC(=NCCOc2ccc(F)c(F)c2)NCC)CC1. The third-order valence-electron chi connectivity index (χ3n) is 4.52. The number of ether oxygens (including phenoxy) is 1. The molecule has 164 valence electrons. The minimum atomic E-state index is -3.15. The zero-order valence-electron chi connectivity index (χ0n) is 17.0.